The highest BCUT2D eigenvalue weighted by molar-refractivity contribution is 5.86. The number of carbonyl (C=O) groups is 1. The number of imidazole rings is 1. The van der Waals surface area contributed by atoms with Crippen LogP contribution in [0.4, 0.5) is 19.0 Å². The second kappa shape index (κ2) is 9.76. The summed E-state index contributed by atoms with van der Waals surface area (Å²) in [4.78, 5) is 23.7. The lowest BCUT2D eigenvalue weighted by Gasteiger charge is -2.34. The molecule has 0 bridgehead atoms. The molecular formula is C30H30F3N5O3. The van der Waals surface area contributed by atoms with Gasteiger partial charge in [-0.15, -0.1) is 0 Å². The summed E-state index contributed by atoms with van der Waals surface area (Å²) in [7, 11) is 1.43. The average molecular weight is 566 g/mol. The Kier molecular flexibility index (Phi) is 6.44. The highest BCUT2D eigenvalue weighted by atomic mass is 19.4. The molecule has 2 aromatic heterocycles. The van der Waals surface area contributed by atoms with Crippen molar-refractivity contribution in [2.45, 2.75) is 56.3 Å². The second-order valence-electron chi connectivity index (χ2n) is 10.9. The van der Waals surface area contributed by atoms with Crippen LogP contribution in [0, 0.1) is 0 Å². The van der Waals surface area contributed by atoms with Crippen molar-refractivity contribution in [2.24, 2.45) is 0 Å². The van der Waals surface area contributed by atoms with E-state index in [0.717, 1.165) is 37.2 Å². The fourth-order valence-electron chi connectivity index (χ4n) is 6.25. The van der Waals surface area contributed by atoms with Crippen LogP contribution >= 0.6 is 0 Å². The Labute approximate surface area is 234 Å². The summed E-state index contributed by atoms with van der Waals surface area (Å²) in [5.74, 6) is 1.53. The summed E-state index contributed by atoms with van der Waals surface area (Å²) >= 11 is 0. The molecule has 1 unspecified atom stereocenters. The summed E-state index contributed by atoms with van der Waals surface area (Å²) < 4.78 is 47.7. The molecule has 8 nitrogen and oxygen atoms in total. The van der Waals surface area contributed by atoms with E-state index in [1.165, 1.54) is 26.2 Å². The van der Waals surface area contributed by atoms with Crippen molar-refractivity contribution in [3.63, 3.8) is 0 Å². The fraction of sp³-hybridized carbons (Fsp3) is 0.367. The first-order valence-electron chi connectivity index (χ1n) is 13.5. The summed E-state index contributed by atoms with van der Waals surface area (Å²) in [6, 6.07) is 9.96. The van der Waals surface area contributed by atoms with Gasteiger partial charge in [-0.05, 0) is 49.9 Å². The third-order valence-electron chi connectivity index (χ3n) is 8.44. The zero-order chi connectivity index (χ0) is 29.1. The molecule has 4 heterocycles. The largest absolute Gasteiger partial charge is 0.496 e. The number of benzene rings is 2. The van der Waals surface area contributed by atoms with Gasteiger partial charge in [0.1, 0.15) is 34.2 Å². The molecule has 0 saturated carbocycles. The predicted molar refractivity (Wildman–Crippen MR) is 146 cm³/mol. The monoisotopic (exact) mass is 565 g/mol. The number of hydrogen-bond donors (Lipinski definition) is 2. The third kappa shape index (κ3) is 4.57. The van der Waals surface area contributed by atoms with Gasteiger partial charge in [-0.1, -0.05) is 24.3 Å². The summed E-state index contributed by atoms with van der Waals surface area (Å²) in [6.07, 6.45) is 2.14. The molecule has 2 aliphatic rings. The van der Waals surface area contributed by atoms with Crippen LogP contribution in [-0.4, -0.2) is 50.0 Å². The van der Waals surface area contributed by atoms with Crippen LogP contribution in [-0.2, 0) is 16.6 Å². The SMILES string of the molecule is COc1cc(-c2nc([C@@H]3CC[C@H]4CCC(=O)N4C3)n3ccnc(N)c23)ccc1C(C)(O)c1cccc(C(F)(F)F)c1. The topological polar surface area (TPSA) is 106 Å². The van der Waals surface area contributed by atoms with Crippen LogP contribution in [0.1, 0.15) is 61.0 Å². The molecule has 3 N–H and O–H groups in total. The van der Waals surface area contributed by atoms with Crippen LogP contribution in [0.15, 0.2) is 54.9 Å². The fourth-order valence-corrected chi connectivity index (χ4v) is 6.25. The highest BCUT2D eigenvalue weighted by Gasteiger charge is 2.39. The zero-order valence-electron chi connectivity index (χ0n) is 22.7. The van der Waals surface area contributed by atoms with E-state index in [4.69, 9.17) is 15.5 Å². The van der Waals surface area contributed by atoms with Gasteiger partial charge in [0.2, 0.25) is 5.91 Å². The van der Waals surface area contributed by atoms with E-state index in [1.807, 2.05) is 9.30 Å². The molecule has 0 spiro atoms. The van der Waals surface area contributed by atoms with Crippen LogP contribution in [0.25, 0.3) is 16.8 Å². The van der Waals surface area contributed by atoms with Gasteiger partial charge in [-0.25, -0.2) is 9.97 Å². The lowest BCUT2D eigenvalue weighted by molar-refractivity contribution is -0.137. The van der Waals surface area contributed by atoms with E-state index >= 15 is 0 Å². The number of nitrogens with two attached hydrogens (primary N) is 1. The van der Waals surface area contributed by atoms with Gasteiger partial charge in [-0.3, -0.25) is 9.20 Å². The van der Waals surface area contributed by atoms with Crippen molar-refractivity contribution in [2.75, 3.05) is 19.4 Å². The number of amides is 1. The van der Waals surface area contributed by atoms with Gasteiger partial charge in [-0.2, -0.15) is 13.2 Å². The number of nitrogens with zero attached hydrogens (tertiary/aromatic N) is 4. The Morgan fingerprint density at radius 1 is 1.10 bits per heavy atom. The molecule has 1 amide bonds. The van der Waals surface area contributed by atoms with Gasteiger partial charge in [0.25, 0.3) is 0 Å². The van der Waals surface area contributed by atoms with E-state index in [1.54, 1.807) is 30.6 Å². The minimum atomic E-state index is -4.55. The number of halogens is 3. The van der Waals surface area contributed by atoms with Crippen molar-refractivity contribution >= 4 is 17.2 Å². The standard InChI is InChI=1S/C30H30F3N5O3/c1-29(40,19-4-3-5-20(15-19)30(31,32)33)22-10-7-17(14-23(22)41-2)25-26-27(34)35-12-13-37(26)28(36-25)18-6-8-21-9-11-24(39)38(21)16-18/h3-5,7,10,12-15,18,21,40H,6,8-9,11,16H2,1-2H3,(H2,34,35)/t18-,21+,29?/m1/s1. The van der Waals surface area contributed by atoms with Crippen LogP contribution in [0.5, 0.6) is 5.75 Å². The number of rotatable bonds is 5. The Morgan fingerprint density at radius 2 is 1.88 bits per heavy atom. The van der Waals surface area contributed by atoms with Gasteiger partial charge >= 0.3 is 6.18 Å². The predicted octanol–water partition coefficient (Wildman–Crippen LogP) is 5.13. The molecule has 4 aromatic rings. The molecule has 2 saturated heterocycles. The molecule has 214 valence electrons. The number of nitrogen functional groups attached to an aromatic ring is 1. The van der Waals surface area contributed by atoms with E-state index in [0.29, 0.717) is 35.3 Å². The van der Waals surface area contributed by atoms with Gasteiger partial charge in [0.15, 0.2) is 0 Å². The maximum Gasteiger partial charge on any atom is 0.416 e. The van der Waals surface area contributed by atoms with Crippen molar-refractivity contribution in [1.29, 1.82) is 0 Å². The molecule has 2 fully saturated rings. The first-order chi connectivity index (χ1) is 19.5. The maximum absolute atomic E-state index is 13.4. The minimum Gasteiger partial charge on any atom is -0.496 e. The molecule has 2 aliphatic heterocycles. The Morgan fingerprint density at radius 3 is 2.63 bits per heavy atom. The van der Waals surface area contributed by atoms with E-state index in [2.05, 4.69) is 4.98 Å². The lowest BCUT2D eigenvalue weighted by Crippen LogP contribution is -2.41. The van der Waals surface area contributed by atoms with Gasteiger partial charge in [0.05, 0.1) is 12.7 Å². The van der Waals surface area contributed by atoms with Crippen LogP contribution in [0.2, 0.25) is 0 Å². The molecule has 6 rings (SSSR count). The zero-order valence-corrected chi connectivity index (χ0v) is 22.7. The van der Waals surface area contributed by atoms with Gasteiger partial charge in [0, 0.05) is 48.4 Å². The Hall–Kier alpha value is -4.12. The van der Waals surface area contributed by atoms with Crippen molar-refractivity contribution in [1.82, 2.24) is 19.3 Å². The normalized spacial score (nSPS) is 20.7. The molecule has 0 aliphatic carbocycles. The summed E-state index contributed by atoms with van der Waals surface area (Å²) in [5, 5.41) is 11.5. The molecule has 2 aromatic carbocycles. The Balaban J connectivity index is 1.42. The number of methoxy groups -OCH3 is 1. The van der Waals surface area contributed by atoms with Crippen molar-refractivity contribution in [3.05, 3.63) is 77.4 Å². The first-order valence-corrected chi connectivity index (χ1v) is 13.5. The number of piperidine rings is 1. The average Bonchev–Trinajstić information content (AvgIpc) is 3.53. The van der Waals surface area contributed by atoms with E-state index in [9.17, 15) is 23.1 Å². The minimum absolute atomic E-state index is 0.0131. The van der Waals surface area contributed by atoms with Crippen molar-refractivity contribution in [3.8, 4) is 17.0 Å². The number of alkyl halides is 3. The number of aliphatic hydroxyl groups is 1. The lowest BCUT2D eigenvalue weighted by atomic mass is 9.86. The number of carbonyl (C=O) groups excluding carboxylic acids is 1. The number of hydrogen-bond acceptors (Lipinski definition) is 6. The van der Waals surface area contributed by atoms with E-state index < -0.39 is 17.3 Å². The molecule has 3 atom stereocenters. The van der Waals surface area contributed by atoms with Crippen LogP contribution < -0.4 is 10.5 Å². The van der Waals surface area contributed by atoms with Crippen molar-refractivity contribution < 1.29 is 27.8 Å². The summed E-state index contributed by atoms with van der Waals surface area (Å²) in [6.45, 7) is 2.02. The number of fused-ring (bicyclic) bond motifs is 2. The number of ether oxygens (including phenoxy) is 1. The Bertz CT molecular complexity index is 1650. The number of anilines is 1. The first kappa shape index (κ1) is 27.1. The molecular weight excluding hydrogens is 535 g/mol. The quantitative estimate of drug-likeness (QED) is 0.348. The van der Waals surface area contributed by atoms with Gasteiger partial charge < -0.3 is 20.5 Å². The third-order valence-corrected chi connectivity index (χ3v) is 8.44. The molecule has 0 radical (unpaired) electrons. The number of aromatic nitrogens is 3. The second-order valence-corrected chi connectivity index (χ2v) is 10.9. The highest BCUT2D eigenvalue weighted by Crippen LogP contribution is 2.42. The smallest absolute Gasteiger partial charge is 0.416 e. The van der Waals surface area contributed by atoms with Crippen LogP contribution in [0.3, 0.4) is 0 Å². The molecule has 11 heteroatoms. The molecule has 41 heavy (non-hydrogen) atoms. The maximum atomic E-state index is 13.4. The van der Waals surface area contributed by atoms with E-state index in [-0.39, 0.29) is 35.0 Å². The summed E-state index contributed by atoms with van der Waals surface area (Å²) in [5.41, 5.74) is 5.88.